The van der Waals surface area contributed by atoms with Gasteiger partial charge in [0.2, 0.25) is 0 Å². The summed E-state index contributed by atoms with van der Waals surface area (Å²) in [5.74, 6) is 0.957. The molecule has 74 valence electrons. The average molecular weight is 190 g/mol. The van der Waals surface area contributed by atoms with Crippen LogP contribution in [0.2, 0.25) is 0 Å². The fourth-order valence-corrected chi connectivity index (χ4v) is 1.85. The Kier molecular flexibility index (Phi) is 2.30. The van der Waals surface area contributed by atoms with Gasteiger partial charge in [0.25, 0.3) is 0 Å². The molecule has 14 heavy (non-hydrogen) atoms. The summed E-state index contributed by atoms with van der Waals surface area (Å²) in [6, 6.07) is 5.95. The minimum Gasteiger partial charge on any atom is -0.497 e. The van der Waals surface area contributed by atoms with Crippen molar-refractivity contribution in [3.63, 3.8) is 0 Å². The zero-order chi connectivity index (χ0) is 10.1. The maximum absolute atomic E-state index is 9.57. The molecule has 0 heterocycles. The zero-order valence-corrected chi connectivity index (χ0v) is 8.40. The number of aliphatic hydroxyl groups is 1. The van der Waals surface area contributed by atoms with Crippen molar-refractivity contribution in [2.24, 2.45) is 0 Å². The normalized spacial score (nSPS) is 20.6. The van der Waals surface area contributed by atoms with Gasteiger partial charge < -0.3 is 9.84 Å². The molecule has 0 amide bonds. The highest BCUT2D eigenvalue weighted by molar-refractivity contribution is 5.64. The van der Waals surface area contributed by atoms with Crippen LogP contribution in [0.25, 0.3) is 6.08 Å². The van der Waals surface area contributed by atoms with E-state index in [2.05, 4.69) is 0 Å². The molecule has 2 nitrogen and oxygen atoms in total. The molecule has 2 rings (SSSR count). The van der Waals surface area contributed by atoms with Gasteiger partial charge >= 0.3 is 0 Å². The number of hydrogen-bond donors (Lipinski definition) is 1. The van der Waals surface area contributed by atoms with Crippen LogP contribution in [0.1, 0.15) is 24.0 Å². The van der Waals surface area contributed by atoms with E-state index < -0.39 is 0 Å². The Bertz CT molecular complexity index is 367. The highest BCUT2D eigenvalue weighted by Gasteiger charge is 2.21. The van der Waals surface area contributed by atoms with Gasteiger partial charge in [0.15, 0.2) is 0 Å². The Morgan fingerprint density at radius 2 is 2.21 bits per heavy atom. The van der Waals surface area contributed by atoms with Gasteiger partial charge in [0.05, 0.1) is 13.2 Å². The number of methoxy groups -OCH3 is 1. The highest BCUT2D eigenvalue weighted by atomic mass is 16.5. The van der Waals surface area contributed by atoms with Crippen molar-refractivity contribution in [2.75, 3.05) is 7.11 Å². The third kappa shape index (κ3) is 1.42. The van der Waals surface area contributed by atoms with Gasteiger partial charge in [0, 0.05) is 5.92 Å². The summed E-state index contributed by atoms with van der Waals surface area (Å²) < 4.78 is 5.16. The topological polar surface area (TPSA) is 29.5 Å². The van der Waals surface area contributed by atoms with E-state index in [0.717, 1.165) is 11.3 Å². The zero-order valence-electron chi connectivity index (χ0n) is 8.40. The predicted octanol–water partition coefficient (Wildman–Crippen LogP) is 2.19. The molecule has 0 fully saturated rings. The Morgan fingerprint density at radius 3 is 2.86 bits per heavy atom. The van der Waals surface area contributed by atoms with Crippen LogP contribution >= 0.6 is 0 Å². The van der Waals surface area contributed by atoms with Crippen LogP contribution < -0.4 is 4.74 Å². The fourth-order valence-electron chi connectivity index (χ4n) is 1.85. The van der Waals surface area contributed by atoms with Crippen LogP contribution in [0, 0.1) is 0 Å². The Labute approximate surface area is 83.8 Å². The number of ether oxygens (including phenoxy) is 1. The summed E-state index contributed by atoms with van der Waals surface area (Å²) in [4.78, 5) is 0. The molecule has 1 aliphatic carbocycles. The van der Waals surface area contributed by atoms with Gasteiger partial charge in [-0.1, -0.05) is 18.2 Å². The van der Waals surface area contributed by atoms with E-state index in [0.29, 0.717) is 0 Å². The minimum atomic E-state index is -0.348. The quantitative estimate of drug-likeness (QED) is 0.774. The van der Waals surface area contributed by atoms with Crippen LogP contribution in [0.5, 0.6) is 5.75 Å². The van der Waals surface area contributed by atoms with Crippen molar-refractivity contribution in [1.82, 2.24) is 0 Å². The van der Waals surface area contributed by atoms with Gasteiger partial charge in [-0.3, -0.25) is 0 Å². The van der Waals surface area contributed by atoms with Gasteiger partial charge in [0.1, 0.15) is 5.75 Å². The summed E-state index contributed by atoms with van der Waals surface area (Å²) in [6.07, 6.45) is 3.74. The van der Waals surface area contributed by atoms with Crippen molar-refractivity contribution in [3.05, 3.63) is 35.4 Å². The minimum absolute atomic E-state index is 0.111. The Morgan fingerprint density at radius 1 is 1.43 bits per heavy atom. The van der Waals surface area contributed by atoms with Crippen LogP contribution in [-0.4, -0.2) is 18.3 Å². The van der Waals surface area contributed by atoms with E-state index in [9.17, 15) is 5.11 Å². The molecule has 2 unspecified atom stereocenters. The van der Waals surface area contributed by atoms with Crippen LogP contribution in [0.4, 0.5) is 0 Å². The fraction of sp³-hybridized carbons (Fsp3) is 0.333. The van der Waals surface area contributed by atoms with Gasteiger partial charge in [-0.15, -0.1) is 0 Å². The molecule has 0 aromatic heterocycles. The van der Waals surface area contributed by atoms with E-state index in [1.807, 2.05) is 37.3 Å². The smallest absolute Gasteiger partial charge is 0.119 e. The van der Waals surface area contributed by atoms with Gasteiger partial charge in [-0.05, 0) is 30.2 Å². The molecule has 0 bridgehead atoms. The van der Waals surface area contributed by atoms with Crippen molar-refractivity contribution in [2.45, 2.75) is 18.9 Å². The Balaban J connectivity index is 2.41. The van der Waals surface area contributed by atoms with Crippen LogP contribution in [-0.2, 0) is 0 Å². The SMILES string of the molecule is COc1ccc2c(c1)C(C(C)O)C=C2. The predicted molar refractivity (Wildman–Crippen MR) is 56.4 cm³/mol. The lowest BCUT2D eigenvalue weighted by Crippen LogP contribution is -2.10. The summed E-state index contributed by atoms with van der Waals surface area (Å²) in [5.41, 5.74) is 2.33. The molecule has 1 N–H and O–H groups in total. The van der Waals surface area contributed by atoms with E-state index >= 15 is 0 Å². The van der Waals surface area contributed by atoms with Crippen molar-refractivity contribution < 1.29 is 9.84 Å². The molecule has 1 aromatic rings. The van der Waals surface area contributed by atoms with Crippen molar-refractivity contribution in [1.29, 1.82) is 0 Å². The summed E-state index contributed by atoms with van der Waals surface area (Å²) in [6.45, 7) is 1.81. The Hall–Kier alpha value is -1.28. The molecule has 1 aromatic carbocycles. The maximum Gasteiger partial charge on any atom is 0.119 e. The summed E-state index contributed by atoms with van der Waals surface area (Å²) in [7, 11) is 1.65. The first kappa shape index (κ1) is 9.28. The molecule has 2 atom stereocenters. The summed E-state index contributed by atoms with van der Waals surface area (Å²) >= 11 is 0. The average Bonchev–Trinajstić information content (AvgIpc) is 2.59. The first-order valence-corrected chi connectivity index (χ1v) is 4.76. The first-order valence-electron chi connectivity index (χ1n) is 4.76. The van der Waals surface area contributed by atoms with Crippen LogP contribution in [0.3, 0.4) is 0 Å². The molecule has 1 aliphatic rings. The van der Waals surface area contributed by atoms with Crippen LogP contribution in [0.15, 0.2) is 24.3 Å². The number of fused-ring (bicyclic) bond motifs is 1. The second-order valence-electron chi connectivity index (χ2n) is 3.62. The van der Waals surface area contributed by atoms with E-state index in [1.54, 1.807) is 7.11 Å². The molecular formula is C12H14O2. The highest BCUT2D eigenvalue weighted by Crippen LogP contribution is 2.34. The van der Waals surface area contributed by atoms with Crippen molar-refractivity contribution >= 4 is 6.08 Å². The molecule has 2 heteroatoms. The standard InChI is InChI=1S/C12H14O2/c1-8(13)11-6-4-9-3-5-10(14-2)7-12(9)11/h3-8,11,13H,1-2H3. The number of aliphatic hydroxyl groups excluding tert-OH is 1. The number of benzene rings is 1. The van der Waals surface area contributed by atoms with E-state index in [-0.39, 0.29) is 12.0 Å². The lowest BCUT2D eigenvalue weighted by molar-refractivity contribution is 0.180. The van der Waals surface area contributed by atoms with E-state index in [1.165, 1.54) is 5.56 Å². The lowest BCUT2D eigenvalue weighted by Gasteiger charge is -2.14. The van der Waals surface area contributed by atoms with Crippen molar-refractivity contribution in [3.8, 4) is 5.75 Å². The monoisotopic (exact) mass is 190 g/mol. The third-order valence-corrected chi connectivity index (χ3v) is 2.66. The first-order chi connectivity index (χ1) is 6.72. The molecule has 0 radical (unpaired) electrons. The second-order valence-corrected chi connectivity index (χ2v) is 3.62. The largest absolute Gasteiger partial charge is 0.497 e. The molecule has 0 saturated heterocycles. The lowest BCUT2D eigenvalue weighted by atomic mass is 9.96. The molecular weight excluding hydrogens is 176 g/mol. The van der Waals surface area contributed by atoms with Gasteiger partial charge in [-0.2, -0.15) is 0 Å². The molecule has 0 aliphatic heterocycles. The maximum atomic E-state index is 9.57. The van der Waals surface area contributed by atoms with Gasteiger partial charge in [-0.25, -0.2) is 0 Å². The number of hydrogen-bond acceptors (Lipinski definition) is 2. The summed E-state index contributed by atoms with van der Waals surface area (Å²) in [5, 5.41) is 9.57. The van der Waals surface area contributed by atoms with E-state index in [4.69, 9.17) is 4.74 Å². The second kappa shape index (κ2) is 3.46. The number of rotatable bonds is 2. The third-order valence-electron chi connectivity index (χ3n) is 2.66. The molecule has 0 spiro atoms. The molecule has 0 saturated carbocycles.